The molecule has 1 fully saturated rings. The van der Waals surface area contributed by atoms with Gasteiger partial charge in [-0.2, -0.15) is 0 Å². The number of rotatable bonds is 3. The van der Waals surface area contributed by atoms with Crippen LogP contribution in [0.4, 0.5) is 9.18 Å². The lowest BCUT2D eigenvalue weighted by molar-refractivity contribution is -0.172. The van der Waals surface area contributed by atoms with Crippen molar-refractivity contribution in [1.29, 1.82) is 0 Å². The van der Waals surface area contributed by atoms with Crippen LogP contribution in [0.5, 0.6) is 0 Å². The molecule has 0 aliphatic carbocycles. The van der Waals surface area contributed by atoms with Gasteiger partial charge in [-0.05, 0) is 89.4 Å². The van der Waals surface area contributed by atoms with Crippen LogP contribution in [0.25, 0.3) is 0 Å². The van der Waals surface area contributed by atoms with Crippen molar-refractivity contribution in [2.75, 3.05) is 6.54 Å². The Bertz CT molecular complexity index is 803. The Morgan fingerprint density at radius 1 is 1.20 bits per heavy atom. The molecule has 2 atom stereocenters. The summed E-state index contributed by atoms with van der Waals surface area (Å²) in [6.07, 6.45) is 0.340. The van der Waals surface area contributed by atoms with Gasteiger partial charge in [0.25, 0.3) is 0 Å². The molecule has 0 aromatic carbocycles. The van der Waals surface area contributed by atoms with Crippen molar-refractivity contribution < 1.29 is 23.5 Å². The lowest BCUT2D eigenvalue weighted by Gasteiger charge is -2.44. The Balaban J connectivity index is 2.33. The fourth-order valence-electron chi connectivity index (χ4n) is 3.63. The summed E-state index contributed by atoms with van der Waals surface area (Å²) in [4.78, 5) is 31.7. The summed E-state index contributed by atoms with van der Waals surface area (Å²) in [6.45, 7) is 13.0. The molecule has 0 bridgehead atoms. The molecule has 1 aliphatic rings. The lowest BCUT2D eigenvalue weighted by Crippen LogP contribution is -2.54. The number of pyridine rings is 1. The molecule has 0 saturated carbocycles. The van der Waals surface area contributed by atoms with Gasteiger partial charge in [-0.25, -0.2) is 14.2 Å². The van der Waals surface area contributed by atoms with Gasteiger partial charge in [0.2, 0.25) is 0 Å². The third-order valence-corrected chi connectivity index (χ3v) is 5.34. The summed E-state index contributed by atoms with van der Waals surface area (Å²) in [5, 5.41) is 0. The zero-order valence-electron chi connectivity index (χ0n) is 18.8. The molecule has 1 aromatic rings. The molecule has 0 spiro atoms. The molecule has 1 amide bonds. The third kappa shape index (κ3) is 6.40. The molecule has 30 heavy (non-hydrogen) atoms. The predicted octanol–water partition coefficient (Wildman–Crippen LogP) is 5.27. The zero-order chi connectivity index (χ0) is 22.9. The quantitative estimate of drug-likeness (QED) is 0.429. The molecule has 2 heterocycles. The Labute approximate surface area is 186 Å². The van der Waals surface area contributed by atoms with Gasteiger partial charge in [0.05, 0.1) is 11.1 Å². The largest absolute Gasteiger partial charge is 0.460 e. The highest BCUT2D eigenvalue weighted by Gasteiger charge is 2.48. The molecule has 0 N–H and O–H groups in total. The van der Waals surface area contributed by atoms with Crippen molar-refractivity contribution in [2.45, 2.75) is 85.0 Å². The predicted molar refractivity (Wildman–Crippen MR) is 116 cm³/mol. The highest BCUT2D eigenvalue weighted by molar-refractivity contribution is 9.10. The molecule has 8 heteroatoms. The van der Waals surface area contributed by atoms with Crippen molar-refractivity contribution >= 4 is 28.0 Å². The minimum atomic E-state index is -0.986. The van der Waals surface area contributed by atoms with Gasteiger partial charge in [-0.1, -0.05) is 0 Å². The Morgan fingerprint density at radius 3 is 2.33 bits per heavy atom. The summed E-state index contributed by atoms with van der Waals surface area (Å²) < 4.78 is 26.2. The normalized spacial score (nSPS) is 22.6. The molecule has 168 valence electrons. The minimum Gasteiger partial charge on any atom is -0.460 e. The highest BCUT2D eigenvalue weighted by Crippen LogP contribution is 2.41. The topological polar surface area (TPSA) is 68.7 Å². The number of piperidine rings is 1. The van der Waals surface area contributed by atoms with E-state index in [1.165, 1.54) is 12.1 Å². The van der Waals surface area contributed by atoms with Crippen molar-refractivity contribution in [1.82, 2.24) is 9.88 Å². The first-order chi connectivity index (χ1) is 13.6. The van der Waals surface area contributed by atoms with E-state index in [0.717, 1.165) is 0 Å². The smallest absolute Gasteiger partial charge is 0.410 e. The number of aromatic nitrogens is 1. The molecular weight excluding hydrogens is 455 g/mol. The number of ether oxygens (including phenoxy) is 2. The van der Waals surface area contributed by atoms with Crippen molar-refractivity contribution in [2.24, 2.45) is 5.41 Å². The zero-order valence-corrected chi connectivity index (χ0v) is 20.4. The standard InChI is InChI=1S/C22H32BrFN2O4/c1-14-12-22(18(27)29-20(2,3)4,13-16-15(24)8-9-17(23)25-16)10-11-26(14)19(28)30-21(5,6)7/h8-9,14H,10-13H2,1-7H3/t14-,22-/m1/s1. The summed E-state index contributed by atoms with van der Waals surface area (Å²) in [5.41, 5.74) is -2.08. The summed E-state index contributed by atoms with van der Waals surface area (Å²) in [6, 6.07) is 2.57. The van der Waals surface area contributed by atoms with Crippen LogP contribution in [0.2, 0.25) is 0 Å². The fourth-order valence-corrected chi connectivity index (χ4v) is 3.98. The number of esters is 1. The average molecular weight is 487 g/mol. The van der Waals surface area contributed by atoms with E-state index >= 15 is 0 Å². The van der Waals surface area contributed by atoms with Gasteiger partial charge >= 0.3 is 12.1 Å². The Kier molecular flexibility index (Phi) is 7.21. The number of nitrogens with zero attached hydrogens (tertiary/aromatic N) is 2. The molecule has 1 aliphatic heterocycles. The first kappa shape index (κ1) is 24.6. The Morgan fingerprint density at radius 2 is 1.80 bits per heavy atom. The van der Waals surface area contributed by atoms with E-state index < -0.39 is 34.5 Å². The molecule has 1 saturated heterocycles. The van der Waals surface area contributed by atoms with Crippen LogP contribution in [0, 0.1) is 11.2 Å². The van der Waals surface area contributed by atoms with Gasteiger partial charge in [0, 0.05) is 19.0 Å². The van der Waals surface area contributed by atoms with Crippen LogP contribution in [-0.2, 0) is 20.7 Å². The number of likely N-dealkylation sites (tertiary alicyclic amines) is 1. The van der Waals surface area contributed by atoms with Crippen molar-refractivity contribution in [3.63, 3.8) is 0 Å². The molecule has 0 unspecified atom stereocenters. The van der Waals surface area contributed by atoms with E-state index in [0.29, 0.717) is 24.0 Å². The first-order valence-corrected chi connectivity index (χ1v) is 11.0. The SMILES string of the molecule is C[C@@H]1C[C@](Cc2nc(Br)ccc2F)(C(=O)OC(C)(C)C)CCN1C(=O)OC(C)(C)C. The van der Waals surface area contributed by atoms with Crippen LogP contribution in [0.1, 0.15) is 67.0 Å². The van der Waals surface area contributed by atoms with Gasteiger partial charge in [0.15, 0.2) is 0 Å². The van der Waals surface area contributed by atoms with E-state index in [9.17, 15) is 14.0 Å². The number of carbonyl (C=O) groups excluding carboxylic acids is 2. The molecule has 2 rings (SSSR count). The number of amides is 1. The monoisotopic (exact) mass is 486 g/mol. The molecule has 0 radical (unpaired) electrons. The second kappa shape index (κ2) is 8.81. The van der Waals surface area contributed by atoms with Gasteiger partial charge in [-0.3, -0.25) is 4.79 Å². The summed E-state index contributed by atoms with van der Waals surface area (Å²) in [7, 11) is 0. The maximum absolute atomic E-state index is 14.5. The van der Waals surface area contributed by atoms with E-state index in [-0.39, 0.29) is 18.2 Å². The maximum Gasteiger partial charge on any atom is 0.410 e. The van der Waals surface area contributed by atoms with E-state index in [4.69, 9.17) is 9.47 Å². The van der Waals surface area contributed by atoms with Gasteiger partial charge in [0.1, 0.15) is 21.6 Å². The lowest BCUT2D eigenvalue weighted by atomic mass is 9.72. The molecular formula is C22H32BrFN2O4. The van der Waals surface area contributed by atoms with E-state index in [1.54, 1.807) is 25.7 Å². The van der Waals surface area contributed by atoms with Crippen LogP contribution in [0.3, 0.4) is 0 Å². The average Bonchev–Trinajstić information content (AvgIpc) is 2.55. The van der Waals surface area contributed by atoms with Crippen LogP contribution >= 0.6 is 15.9 Å². The third-order valence-electron chi connectivity index (χ3n) is 4.90. The highest BCUT2D eigenvalue weighted by atomic mass is 79.9. The summed E-state index contributed by atoms with van der Waals surface area (Å²) in [5.74, 6) is -0.866. The van der Waals surface area contributed by atoms with E-state index in [1.807, 2.05) is 27.7 Å². The van der Waals surface area contributed by atoms with Gasteiger partial charge in [-0.15, -0.1) is 0 Å². The minimum absolute atomic E-state index is 0.0969. The summed E-state index contributed by atoms with van der Waals surface area (Å²) >= 11 is 3.27. The molecule has 6 nitrogen and oxygen atoms in total. The van der Waals surface area contributed by atoms with Crippen molar-refractivity contribution in [3.8, 4) is 0 Å². The first-order valence-electron chi connectivity index (χ1n) is 10.2. The molecule has 1 aromatic heterocycles. The Hall–Kier alpha value is -1.70. The number of carbonyl (C=O) groups is 2. The van der Waals surface area contributed by atoms with Gasteiger partial charge < -0.3 is 14.4 Å². The van der Waals surface area contributed by atoms with E-state index in [2.05, 4.69) is 20.9 Å². The number of hydrogen-bond donors (Lipinski definition) is 0. The number of hydrogen-bond acceptors (Lipinski definition) is 5. The second-order valence-corrected chi connectivity index (χ2v) is 10.8. The number of halogens is 2. The fraction of sp³-hybridized carbons (Fsp3) is 0.682. The van der Waals surface area contributed by atoms with Crippen LogP contribution in [-0.4, -0.2) is 45.7 Å². The van der Waals surface area contributed by atoms with Crippen molar-refractivity contribution in [3.05, 3.63) is 28.2 Å². The maximum atomic E-state index is 14.5. The second-order valence-electron chi connectivity index (χ2n) is 10.00. The van der Waals surface area contributed by atoms with Crippen LogP contribution < -0.4 is 0 Å². The van der Waals surface area contributed by atoms with Crippen LogP contribution in [0.15, 0.2) is 16.7 Å².